The molecule has 0 saturated heterocycles. The molecule has 1 N–H and O–H groups in total. The summed E-state index contributed by atoms with van der Waals surface area (Å²) >= 11 is 6.42. The summed E-state index contributed by atoms with van der Waals surface area (Å²) in [5.74, 6) is -1.01. The zero-order valence-electron chi connectivity index (χ0n) is 15.9. The van der Waals surface area contributed by atoms with Crippen molar-refractivity contribution >= 4 is 45.1 Å². The predicted molar refractivity (Wildman–Crippen MR) is 116 cm³/mol. The maximum absolute atomic E-state index is 13.2. The van der Waals surface area contributed by atoms with Crippen molar-refractivity contribution in [1.29, 1.82) is 0 Å². The third-order valence-electron chi connectivity index (χ3n) is 4.89. The molecule has 0 amide bonds. The molecule has 0 aliphatic carbocycles. The van der Waals surface area contributed by atoms with Crippen LogP contribution in [0.15, 0.2) is 59.7 Å². The highest BCUT2D eigenvalue weighted by Gasteiger charge is 2.19. The quantitative estimate of drug-likeness (QED) is 0.517. The van der Waals surface area contributed by atoms with Crippen LogP contribution >= 0.6 is 11.6 Å². The summed E-state index contributed by atoms with van der Waals surface area (Å²) in [7, 11) is 3.62. The molecule has 0 bridgehead atoms. The Kier molecular flexibility index (Phi) is 4.72. The second-order valence-corrected chi connectivity index (χ2v) is 7.38. The van der Waals surface area contributed by atoms with E-state index in [-0.39, 0.29) is 12.0 Å². The second kappa shape index (κ2) is 7.22. The van der Waals surface area contributed by atoms with Crippen LogP contribution in [0.3, 0.4) is 0 Å². The van der Waals surface area contributed by atoms with Crippen molar-refractivity contribution in [1.82, 2.24) is 9.55 Å². The van der Waals surface area contributed by atoms with Crippen LogP contribution in [-0.4, -0.2) is 34.7 Å². The number of carboxylic acids is 1. The number of fused-ring (bicyclic) bond motifs is 2. The van der Waals surface area contributed by atoms with Crippen molar-refractivity contribution in [2.24, 2.45) is 0 Å². The van der Waals surface area contributed by atoms with Crippen molar-refractivity contribution in [3.05, 3.63) is 70.1 Å². The number of carboxylic acid groups (broad SMARTS) is 1. The Balaban J connectivity index is 2.20. The van der Waals surface area contributed by atoms with Crippen molar-refractivity contribution < 1.29 is 9.90 Å². The van der Waals surface area contributed by atoms with Gasteiger partial charge in [0.15, 0.2) is 5.43 Å². The van der Waals surface area contributed by atoms with Crippen LogP contribution in [0.25, 0.3) is 32.9 Å². The average Bonchev–Trinajstić information content (AvgIpc) is 2.70. The minimum atomic E-state index is -1.01. The Bertz CT molecular complexity index is 1310. The molecule has 2 heterocycles. The summed E-state index contributed by atoms with van der Waals surface area (Å²) in [5, 5.41) is 10.9. The van der Waals surface area contributed by atoms with Crippen LogP contribution in [0.2, 0.25) is 5.02 Å². The molecule has 4 aromatic rings. The molecule has 0 spiro atoms. The molecule has 2 aromatic heterocycles. The molecule has 0 aliphatic heterocycles. The molecule has 2 aromatic carbocycles. The first-order chi connectivity index (χ1) is 13.9. The number of rotatable bonds is 4. The number of hydrogen-bond acceptors (Lipinski definition) is 4. The number of hydrogen-bond donors (Lipinski definition) is 1. The van der Waals surface area contributed by atoms with Crippen LogP contribution in [0.1, 0.15) is 0 Å². The van der Waals surface area contributed by atoms with E-state index in [1.54, 1.807) is 40.1 Å². The Labute approximate surface area is 171 Å². The Morgan fingerprint density at radius 3 is 2.55 bits per heavy atom. The van der Waals surface area contributed by atoms with Gasteiger partial charge in [-0.05, 0) is 35.9 Å². The van der Waals surface area contributed by atoms with Gasteiger partial charge in [-0.15, -0.1) is 0 Å². The van der Waals surface area contributed by atoms with Gasteiger partial charge in [0.1, 0.15) is 6.54 Å². The summed E-state index contributed by atoms with van der Waals surface area (Å²) in [5.41, 5.74) is 3.22. The molecule has 0 radical (unpaired) electrons. The number of anilines is 1. The number of benzene rings is 2. The first-order valence-corrected chi connectivity index (χ1v) is 9.34. The van der Waals surface area contributed by atoms with Crippen LogP contribution in [0.5, 0.6) is 0 Å². The molecule has 0 atom stereocenters. The van der Waals surface area contributed by atoms with Gasteiger partial charge in [-0.2, -0.15) is 0 Å². The Morgan fingerprint density at radius 2 is 1.90 bits per heavy atom. The fourth-order valence-electron chi connectivity index (χ4n) is 3.66. The van der Waals surface area contributed by atoms with Gasteiger partial charge in [-0.25, -0.2) is 0 Å². The fourth-order valence-corrected chi connectivity index (χ4v) is 3.98. The number of carbonyl (C=O) groups is 1. The van der Waals surface area contributed by atoms with Gasteiger partial charge in [0.05, 0.1) is 21.7 Å². The van der Waals surface area contributed by atoms with Gasteiger partial charge >= 0.3 is 5.97 Å². The molecule has 6 nitrogen and oxygen atoms in total. The lowest BCUT2D eigenvalue weighted by Gasteiger charge is -2.22. The van der Waals surface area contributed by atoms with Gasteiger partial charge in [-0.3, -0.25) is 14.6 Å². The van der Waals surface area contributed by atoms with E-state index in [0.29, 0.717) is 32.5 Å². The van der Waals surface area contributed by atoms with E-state index in [0.717, 1.165) is 11.1 Å². The van der Waals surface area contributed by atoms with E-state index >= 15 is 0 Å². The molecular formula is C22H18ClN3O3. The summed E-state index contributed by atoms with van der Waals surface area (Å²) in [6.45, 7) is -0.301. The summed E-state index contributed by atoms with van der Waals surface area (Å²) in [6, 6.07) is 12.5. The fraction of sp³-hybridized carbons (Fsp3) is 0.136. The van der Waals surface area contributed by atoms with E-state index in [1.807, 2.05) is 38.4 Å². The van der Waals surface area contributed by atoms with Crippen LogP contribution < -0.4 is 10.3 Å². The largest absolute Gasteiger partial charge is 0.480 e. The SMILES string of the molecule is CN(C)c1c(Cl)ccc2c(=O)c3ccc(-c4cccnc4)cc3n(CC(=O)O)c12. The third kappa shape index (κ3) is 3.21. The zero-order valence-corrected chi connectivity index (χ0v) is 16.6. The first-order valence-electron chi connectivity index (χ1n) is 8.96. The zero-order chi connectivity index (χ0) is 20.7. The van der Waals surface area contributed by atoms with E-state index in [9.17, 15) is 14.7 Å². The maximum Gasteiger partial charge on any atom is 0.323 e. The first kappa shape index (κ1) is 19.0. The lowest BCUT2D eigenvalue weighted by atomic mass is 10.0. The van der Waals surface area contributed by atoms with Gasteiger partial charge in [0, 0.05) is 42.8 Å². The van der Waals surface area contributed by atoms with E-state index in [1.165, 1.54) is 0 Å². The standard InChI is InChI=1S/C22H18ClN3O3/c1-25(2)21-17(23)8-7-16-20(21)26(12-19(27)28)18-10-13(5-6-15(18)22(16)29)14-4-3-9-24-11-14/h3-11H,12H2,1-2H3,(H,27,28). The lowest BCUT2D eigenvalue weighted by Crippen LogP contribution is -2.19. The molecular weight excluding hydrogens is 390 g/mol. The van der Waals surface area contributed by atoms with Crippen molar-refractivity contribution in [3.63, 3.8) is 0 Å². The monoisotopic (exact) mass is 407 g/mol. The number of nitrogens with zero attached hydrogens (tertiary/aromatic N) is 3. The summed E-state index contributed by atoms with van der Waals surface area (Å²) < 4.78 is 1.65. The molecule has 0 aliphatic rings. The van der Waals surface area contributed by atoms with Gasteiger partial charge in [0.25, 0.3) is 0 Å². The van der Waals surface area contributed by atoms with E-state index in [2.05, 4.69) is 4.98 Å². The van der Waals surface area contributed by atoms with Gasteiger partial charge in [-0.1, -0.05) is 23.7 Å². The molecule has 0 saturated carbocycles. The van der Waals surface area contributed by atoms with Crippen molar-refractivity contribution in [2.45, 2.75) is 6.54 Å². The van der Waals surface area contributed by atoms with E-state index in [4.69, 9.17) is 11.6 Å². The van der Waals surface area contributed by atoms with Crippen LogP contribution in [0.4, 0.5) is 5.69 Å². The molecule has 4 rings (SSSR count). The molecule has 29 heavy (non-hydrogen) atoms. The van der Waals surface area contributed by atoms with Crippen molar-refractivity contribution in [3.8, 4) is 11.1 Å². The summed E-state index contributed by atoms with van der Waals surface area (Å²) in [4.78, 5) is 30.9. The summed E-state index contributed by atoms with van der Waals surface area (Å²) in [6.07, 6.45) is 3.41. The number of aliphatic carboxylic acids is 1. The minimum absolute atomic E-state index is 0.158. The molecule has 7 heteroatoms. The van der Waals surface area contributed by atoms with Crippen molar-refractivity contribution in [2.75, 3.05) is 19.0 Å². The number of pyridine rings is 2. The molecule has 0 fully saturated rings. The van der Waals surface area contributed by atoms with Gasteiger partial charge < -0.3 is 14.6 Å². The smallest absolute Gasteiger partial charge is 0.323 e. The number of aromatic nitrogens is 2. The molecule has 0 unspecified atom stereocenters. The molecule has 146 valence electrons. The second-order valence-electron chi connectivity index (χ2n) is 6.97. The normalized spacial score (nSPS) is 11.1. The third-order valence-corrected chi connectivity index (χ3v) is 5.19. The highest BCUT2D eigenvalue weighted by molar-refractivity contribution is 6.35. The predicted octanol–water partition coefficient (Wildman–Crippen LogP) is 4.02. The average molecular weight is 408 g/mol. The Hall–Kier alpha value is -3.38. The topological polar surface area (TPSA) is 75.4 Å². The van der Waals surface area contributed by atoms with Crippen LogP contribution in [0, 0.1) is 0 Å². The maximum atomic E-state index is 13.2. The van der Waals surface area contributed by atoms with Crippen LogP contribution in [-0.2, 0) is 11.3 Å². The van der Waals surface area contributed by atoms with E-state index < -0.39 is 5.97 Å². The highest BCUT2D eigenvalue weighted by atomic mass is 35.5. The minimum Gasteiger partial charge on any atom is -0.480 e. The number of halogens is 1. The highest BCUT2D eigenvalue weighted by Crippen LogP contribution is 2.34. The lowest BCUT2D eigenvalue weighted by molar-refractivity contribution is -0.137. The van der Waals surface area contributed by atoms with Gasteiger partial charge in [0.2, 0.25) is 0 Å². The Morgan fingerprint density at radius 1 is 1.14 bits per heavy atom.